The highest BCUT2D eigenvalue weighted by Gasteiger charge is 2.31. The summed E-state index contributed by atoms with van der Waals surface area (Å²) in [6, 6.07) is 3.71. The van der Waals surface area contributed by atoms with Crippen LogP contribution in [-0.4, -0.2) is 81.8 Å². The van der Waals surface area contributed by atoms with Crippen molar-refractivity contribution >= 4 is 54.1 Å². The Balaban J connectivity index is 3.10. The molecule has 7 N–H and O–H groups in total. The van der Waals surface area contributed by atoms with Crippen LogP contribution in [0.1, 0.15) is 18.4 Å². The molecule has 1 rings (SSSR count). The maximum absolute atomic E-state index is 13.0. The van der Waals surface area contributed by atoms with Crippen LogP contribution >= 0.6 is 24.4 Å². The maximum Gasteiger partial charge on any atom is 0.326 e. The quantitative estimate of drug-likeness (QED) is 0.148. The highest BCUT2D eigenvalue weighted by atomic mass is 32.2. The first-order valence-electron chi connectivity index (χ1n) is 10.3. The van der Waals surface area contributed by atoms with Crippen molar-refractivity contribution in [2.24, 2.45) is 5.73 Å². The second kappa shape index (κ2) is 15.2. The van der Waals surface area contributed by atoms with Crippen LogP contribution in [-0.2, 0) is 30.4 Å². The fourth-order valence-electron chi connectivity index (χ4n) is 2.84. The third kappa shape index (κ3) is 10.4. The molecule has 34 heavy (non-hydrogen) atoms. The molecule has 0 saturated carbocycles. The molecule has 0 aliphatic carbocycles. The summed E-state index contributed by atoms with van der Waals surface area (Å²) in [6.45, 7) is 0. The Bertz CT molecular complexity index is 857. The van der Waals surface area contributed by atoms with E-state index in [2.05, 4.69) is 28.6 Å². The summed E-state index contributed by atoms with van der Waals surface area (Å²) < 4.78 is 0. The normalized spacial score (nSPS) is 14.2. The number of aliphatic carboxylic acids is 2. The minimum atomic E-state index is -1.51. The average molecular weight is 515 g/mol. The molecule has 11 nitrogen and oxygen atoms in total. The number of carbonyl (C=O) groups is 5. The molecule has 4 atom stereocenters. The first kappa shape index (κ1) is 29.3. The van der Waals surface area contributed by atoms with Crippen LogP contribution in [0.4, 0.5) is 0 Å². The zero-order valence-electron chi connectivity index (χ0n) is 18.6. The van der Waals surface area contributed by atoms with Crippen molar-refractivity contribution in [1.82, 2.24) is 16.0 Å². The zero-order valence-corrected chi connectivity index (χ0v) is 20.3. The maximum atomic E-state index is 13.0. The third-order valence-corrected chi connectivity index (χ3v) is 5.72. The standard InChI is InChI=1S/C21H30N4O7S2/c1-34-8-7-14(21(31)32)23-19(29)15(9-12-5-3-2-4-6-12)25-20(30)16(10-17(26)27)24-18(28)13(22)11-33/h2-6,13-16,33H,7-11,22H2,1H3,(H,23,29)(H,24,28)(H,25,30)(H,26,27)(H,31,32). The average Bonchev–Trinajstić information content (AvgIpc) is 2.80. The Morgan fingerprint density at radius 3 is 2.03 bits per heavy atom. The van der Waals surface area contributed by atoms with Crippen molar-refractivity contribution in [3.63, 3.8) is 0 Å². The van der Waals surface area contributed by atoms with E-state index in [-0.39, 0.29) is 18.6 Å². The van der Waals surface area contributed by atoms with Gasteiger partial charge in [0.25, 0.3) is 0 Å². The summed E-state index contributed by atoms with van der Waals surface area (Å²) in [5, 5.41) is 25.7. The smallest absolute Gasteiger partial charge is 0.326 e. The van der Waals surface area contributed by atoms with E-state index in [1.807, 2.05) is 0 Å². The molecule has 4 unspecified atom stereocenters. The molecule has 0 saturated heterocycles. The van der Waals surface area contributed by atoms with Gasteiger partial charge in [0.1, 0.15) is 18.1 Å². The highest BCUT2D eigenvalue weighted by Crippen LogP contribution is 2.07. The van der Waals surface area contributed by atoms with Crippen molar-refractivity contribution in [2.45, 2.75) is 43.4 Å². The van der Waals surface area contributed by atoms with Crippen molar-refractivity contribution in [2.75, 3.05) is 17.8 Å². The lowest BCUT2D eigenvalue weighted by Gasteiger charge is -2.24. The molecule has 0 bridgehead atoms. The summed E-state index contributed by atoms with van der Waals surface area (Å²) in [6.07, 6.45) is 1.24. The zero-order chi connectivity index (χ0) is 25.7. The molecule has 3 amide bonds. The lowest BCUT2D eigenvalue weighted by atomic mass is 10.0. The van der Waals surface area contributed by atoms with E-state index in [0.29, 0.717) is 11.3 Å². The van der Waals surface area contributed by atoms with E-state index >= 15 is 0 Å². The van der Waals surface area contributed by atoms with Gasteiger partial charge < -0.3 is 31.9 Å². The number of carboxylic acids is 2. The Morgan fingerprint density at radius 2 is 1.50 bits per heavy atom. The van der Waals surface area contributed by atoms with Gasteiger partial charge in [-0.1, -0.05) is 30.3 Å². The molecule has 13 heteroatoms. The molecule has 0 aliphatic rings. The van der Waals surface area contributed by atoms with Crippen molar-refractivity contribution in [1.29, 1.82) is 0 Å². The number of carbonyl (C=O) groups excluding carboxylic acids is 3. The second-order valence-electron chi connectivity index (χ2n) is 7.38. The number of thiol groups is 1. The van der Waals surface area contributed by atoms with E-state index in [9.17, 15) is 29.1 Å². The van der Waals surface area contributed by atoms with Crippen LogP contribution in [0.2, 0.25) is 0 Å². The van der Waals surface area contributed by atoms with Crippen molar-refractivity contribution in [3.8, 4) is 0 Å². The van der Waals surface area contributed by atoms with Crippen molar-refractivity contribution < 1.29 is 34.2 Å². The molecule has 0 aliphatic heterocycles. The van der Waals surface area contributed by atoms with Crippen LogP contribution in [0.25, 0.3) is 0 Å². The summed E-state index contributed by atoms with van der Waals surface area (Å²) >= 11 is 5.32. The third-order valence-electron chi connectivity index (χ3n) is 4.69. The minimum Gasteiger partial charge on any atom is -0.481 e. The monoisotopic (exact) mass is 514 g/mol. The lowest BCUT2D eigenvalue weighted by molar-refractivity contribution is -0.143. The van der Waals surface area contributed by atoms with E-state index < -0.39 is 60.2 Å². The number of rotatable bonds is 15. The number of hydrogen-bond donors (Lipinski definition) is 7. The number of nitrogens with two attached hydrogens (primary N) is 1. The summed E-state index contributed by atoms with van der Waals surface area (Å²) in [4.78, 5) is 60.7. The molecular formula is C21H30N4O7S2. The van der Waals surface area contributed by atoms with Gasteiger partial charge in [0.15, 0.2) is 0 Å². The number of amides is 3. The SMILES string of the molecule is CSCCC(NC(=O)C(Cc1ccccc1)NC(=O)C(CC(=O)O)NC(=O)C(N)CS)C(=O)O. The molecule has 0 spiro atoms. The van der Waals surface area contributed by atoms with Gasteiger partial charge in [-0.15, -0.1) is 0 Å². The fourth-order valence-corrected chi connectivity index (χ4v) is 3.48. The molecule has 1 aromatic carbocycles. The Labute approximate surface area is 207 Å². The van der Waals surface area contributed by atoms with Gasteiger partial charge >= 0.3 is 11.9 Å². The van der Waals surface area contributed by atoms with Gasteiger partial charge in [-0.05, 0) is 24.0 Å². The largest absolute Gasteiger partial charge is 0.481 e. The number of thioether (sulfide) groups is 1. The van der Waals surface area contributed by atoms with Gasteiger partial charge in [-0.3, -0.25) is 19.2 Å². The number of benzene rings is 1. The predicted molar refractivity (Wildman–Crippen MR) is 131 cm³/mol. The van der Waals surface area contributed by atoms with Crippen LogP contribution in [0, 0.1) is 0 Å². The van der Waals surface area contributed by atoms with E-state index in [1.54, 1.807) is 36.6 Å². The highest BCUT2D eigenvalue weighted by molar-refractivity contribution is 7.98. The molecule has 0 aromatic heterocycles. The molecule has 188 valence electrons. The van der Waals surface area contributed by atoms with Crippen LogP contribution in [0.15, 0.2) is 30.3 Å². The molecular weight excluding hydrogens is 484 g/mol. The number of nitrogens with one attached hydrogen (secondary N) is 3. The Hall–Kier alpha value is -2.77. The minimum absolute atomic E-state index is 0.0111. The van der Waals surface area contributed by atoms with Crippen molar-refractivity contribution in [3.05, 3.63) is 35.9 Å². The molecule has 0 heterocycles. The predicted octanol–water partition coefficient (Wildman–Crippen LogP) is -0.747. The first-order valence-corrected chi connectivity index (χ1v) is 12.4. The van der Waals surface area contributed by atoms with Crippen LogP contribution in [0.3, 0.4) is 0 Å². The van der Waals surface area contributed by atoms with Crippen LogP contribution in [0.5, 0.6) is 0 Å². The Kier molecular flexibility index (Phi) is 13.1. The lowest BCUT2D eigenvalue weighted by Crippen LogP contribution is -2.58. The topological polar surface area (TPSA) is 188 Å². The second-order valence-corrected chi connectivity index (χ2v) is 8.73. The van der Waals surface area contributed by atoms with Gasteiger partial charge in [0, 0.05) is 12.2 Å². The fraction of sp³-hybridized carbons (Fsp3) is 0.476. The van der Waals surface area contributed by atoms with E-state index in [4.69, 9.17) is 10.8 Å². The number of carboxylic acid groups (broad SMARTS) is 2. The summed E-state index contributed by atoms with van der Waals surface area (Å²) in [7, 11) is 0. The summed E-state index contributed by atoms with van der Waals surface area (Å²) in [5.74, 6) is -4.56. The molecule has 1 aromatic rings. The molecule has 0 radical (unpaired) electrons. The first-order chi connectivity index (χ1) is 16.1. The van der Waals surface area contributed by atoms with Gasteiger partial charge in [-0.2, -0.15) is 24.4 Å². The van der Waals surface area contributed by atoms with Gasteiger partial charge in [0.2, 0.25) is 17.7 Å². The van der Waals surface area contributed by atoms with E-state index in [0.717, 1.165) is 0 Å². The number of hydrogen-bond acceptors (Lipinski definition) is 8. The van der Waals surface area contributed by atoms with E-state index in [1.165, 1.54) is 11.8 Å². The van der Waals surface area contributed by atoms with Gasteiger partial charge in [-0.25, -0.2) is 4.79 Å². The Morgan fingerprint density at radius 1 is 0.941 bits per heavy atom. The summed E-state index contributed by atoms with van der Waals surface area (Å²) in [5.41, 5.74) is 6.26. The molecule has 0 fully saturated rings. The van der Waals surface area contributed by atoms with Crippen LogP contribution < -0.4 is 21.7 Å². The van der Waals surface area contributed by atoms with Gasteiger partial charge in [0.05, 0.1) is 12.5 Å².